The van der Waals surface area contributed by atoms with Crippen LogP contribution in [-0.2, 0) is 11.2 Å². The van der Waals surface area contributed by atoms with E-state index >= 15 is 0 Å². The Labute approximate surface area is 159 Å². The average molecular weight is 391 g/mol. The second kappa shape index (κ2) is 8.94. The van der Waals surface area contributed by atoms with Gasteiger partial charge in [0.15, 0.2) is 0 Å². The van der Waals surface area contributed by atoms with Crippen molar-refractivity contribution in [3.05, 3.63) is 59.4 Å². The van der Waals surface area contributed by atoms with Gasteiger partial charge >= 0.3 is 0 Å². The maximum Gasteiger partial charge on any atom is 0.254 e. The molecular formula is C19H19F2N3O2S. The smallest absolute Gasteiger partial charge is 0.254 e. The standard InChI is InChI=1S/C19H19F2N3O2S/c20-15-10-16(21)17(9-14(15)19(26)23-13-5-8-27-11-13)24-18(25)2-1-12-3-6-22-7-4-12/h3-4,6-7,9-10,13H,1-2,5,8,11H2,(H,23,26)(H,24,25). The van der Waals surface area contributed by atoms with Gasteiger partial charge < -0.3 is 10.6 Å². The first kappa shape index (κ1) is 19.3. The van der Waals surface area contributed by atoms with Gasteiger partial charge in [-0.05, 0) is 42.4 Å². The molecule has 142 valence electrons. The van der Waals surface area contributed by atoms with E-state index in [0.29, 0.717) is 12.5 Å². The van der Waals surface area contributed by atoms with E-state index in [4.69, 9.17) is 0 Å². The Kier molecular flexibility index (Phi) is 6.39. The molecule has 1 aromatic heterocycles. The van der Waals surface area contributed by atoms with Crippen molar-refractivity contribution in [2.75, 3.05) is 16.8 Å². The quantitative estimate of drug-likeness (QED) is 0.794. The number of carbonyl (C=O) groups excluding carboxylic acids is 2. The number of benzene rings is 1. The zero-order valence-electron chi connectivity index (χ0n) is 14.5. The normalized spacial score (nSPS) is 16.1. The van der Waals surface area contributed by atoms with Crippen LogP contribution in [0.15, 0.2) is 36.7 Å². The van der Waals surface area contributed by atoms with Crippen LogP contribution >= 0.6 is 11.8 Å². The predicted octanol–water partition coefficient (Wildman–Crippen LogP) is 3.17. The van der Waals surface area contributed by atoms with Gasteiger partial charge in [-0.2, -0.15) is 11.8 Å². The van der Waals surface area contributed by atoms with Crippen LogP contribution in [0.4, 0.5) is 14.5 Å². The summed E-state index contributed by atoms with van der Waals surface area (Å²) >= 11 is 1.71. The molecule has 0 spiro atoms. The van der Waals surface area contributed by atoms with Crippen molar-refractivity contribution in [3.63, 3.8) is 0 Å². The van der Waals surface area contributed by atoms with Crippen LogP contribution < -0.4 is 10.6 Å². The number of halogens is 2. The molecule has 0 bridgehead atoms. The molecule has 1 unspecified atom stereocenters. The molecule has 8 heteroatoms. The number of amides is 2. The van der Waals surface area contributed by atoms with Gasteiger partial charge in [0.25, 0.3) is 5.91 Å². The van der Waals surface area contributed by atoms with Gasteiger partial charge in [0.1, 0.15) is 11.6 Å². The molecule has 0 saturated carbocycles. The lowest BCUT2D eigenvalue weighted by molar-refractivity contribution is -0.116. The SMILES string of the molecule is O=C(CCc1ccncc1)Nc1cc(C(=O)NC2CCSC2)c(F)cc1F. The fourth-order valence-electron chi connectivity index (χ4n) is 2.75. The number of pyridine rings is 1. The summed E-state index contributed by atoms with van der Waals surface area (Å²) in [6.45, 7) is 0. The van der Waals surface area contributed by atoms with E-state index < -0.39 is 23.4 Å². The van der Waals surface area contributed by atoms with Crippen LogP contribution in [0.2, 0.25) is 0 Å². The van der Waals surface area contributed by atoms with Gasteiger partial charge in [-0.3, -0.25) is 14.6 Å². The van der Waals surface area contributed by atoms with E-state index in [2.05, 4.69) is 15.6 Å². The molecule has 1 saturated heterocycles. The van der Waals surface area contributed by atoms with Crippen molar-refractivity contribution in [3.8, 4) is 0 Å². The van der Waals surface area contributed by atoms with Crippen LogP contribution in [0.3, 0.4) is 0 Å². The number of hydrogen-bond donors (Lipinski definition) is 2. The number of nitrogens with zero attached hydrogens (tertiary/aromatic N) is 1. The van der Waals surface area contributed by atoms with Gasteiger partial charge in [-0.1, -0.05) is 0 Å². The Morgan fingerprint density at radius 2 is 1.96 bits per heavy atom. The van der Waals surface area contributed by atoms with Crippen molar-refractivity contribution in [2.24, 2.45) is 0 Å². The molecule has 2 amide bonds. The van der Waals surface area contributed by atoms with Gasteiger partial charge in [0.05, 0.1) is 11.3 Å². The zero-order chi connectivity index (χ0) is 19.2. The molecule has 1 atom stereocenters. The van der Waals surface area contributed by atoms with Crippen molar-refractivity contribution in [1.29, 1.82) is 0 Å². The molecule has 1 aliphatic rings. The maximum atomic E-state index is 14.0. The van der Waals surface area contributed by atoms with Crippen molar-refractivity contribution < 1.29 is 18.4 Å². The molecule has 27 heavy (non-hydrogen) atoms. The number of aryl methyl sites for hydroxylation is 1. The number of rotatable bonds is 6. The second-order valence-electron chi connectivity index (χ2n) is 6.25. The lowest BCUT2D eigenvalue weighted by atomic mass is 10.1. The monoisotopic (exact) mass is 391 g/mol. The number of hydrogen-bond acceptors (Lipinski definition) is 4. The molecule has 5 nitrogen and oxygen atoms in total. The molecule has 2 heterocycles. The summed E-state index contributed by atoms with van der Waals surface area (Å²) in [4.78, 5) is 28.3. The molecule has 1 aliphatic heterocycles. The minimum absolute atomic E-state index is 0.0228. The zero-order valence-corrected chi connectivity index (χ0v) is 15.3. The Morgan fingerprint density at radius 3 is 2.67 bits per heavy atom. The number of thioether (sulfide) groups is 1. The number of aromatic nitrogens is 1. The Balaban J connectivity index is 1.65. The van der Waals surface area contributed by atoms with Gasteiger partial charge in [0.2, 0.25) is 5.91 Å². The Hall–Kier alpha value is -2.48. The van der Waals surface area contributed by atoms with E-state index in [1.807, 2.05) is 0 Å². The molecule has 2 N–H and O–H groups in total. The second-order valence-corrected chi connectivity index (χ2v) is 7.40. The van der Waals surface area contributed by atoms with E-state index in [0.717, 1.165) is 29.6 Å². The van der Waals surface area contributed by atoms with Crippen LogP contribution in [0.1, 0.15) is 28.8 Å². The Morgan fingerprint density at radius 1 is 1.19 bits per heavy atom. The van der Waals surface area contributed by atoms with E-state index in [1.165, 1.54) is 0 Å². The number of carbonyl (C=O) groups is 2. The third-order valence-electron chi connectivity index (χ3n) is 4.23. The largest absolute Gasteiger partial charge is 0.348 e. The molecule has 0 aliphatic carbocycles. The fourth-order valence-corrected chi connectivity index (χ4v) is 3.90. The molecule has 2 aromatic rings. The van der Waals surface area contributed by atoms with Gasteiger partial charge in [-0.15, -0.1) is 0 Å². The van der Waals surface area contributed by atoms with E-state index in [9.17, 15) is 18.4 Å². The van der Waals surface area contributed by atoms with Gasteiger partial charge in [0, 0.05) is 36.7 Å². The van der Waals surface area contributed by atoms with Crippen molar-refractivity contribution in [1.82, 2.24) is 10.3 Å². The average Bonchev–Trinajstić information content (AvgIpc) is 3.16. The lowest BCUT2D eigenvalue weighted by Gasteiger charge is -2.13. The number of nitrogens with one attached hydrogen (secondary N) is 2. The Bertz CT molecular complexity index is 827. The summed E-state index contributed by atoms with van der Waals surface area (Å²) in [7, 11) is 0. The minimum Gasteiger partial charge on any atom is -0.348 e. The molecule has 1 aromatic carbocycles. The highest BCUT2D eigenvalue weighted by Gasteiger charge is 2.22. The molecule has 3 rings (SSSR count). The third kappa shape index (κ3) is 5.26. The highest BCUT2D eigenvalue weighted by molar-refractivity contribution is 7.99. The summed E-state index contributed by atoms with van der Waals surface area (Å²) in [6, 6.07) is 5.22. The topological polar surface area (TPSA) is 71.1 Å². The number of anilines is 1. The summed E-state index contributed by atoms with van der Waals surface area (Å²) in [5, 5.41) is 5.16. The van der Waals surface area contributed by atoms with Crippen molar-refractivity contribution in [2.45, 2.75) is 25.3 Å². The van der Waals surface area contributed by atoms with Crippen LogP contribution in [0.25, 0.3) is 0 Å². The van der Waals surface area contributed by atoms with Crippen molar-refractivity contribution >= 4 is 29.3 Å². The van der Waals surface area contributed by atoms with Crippen LogP contribution in [-0.4, -0.2) is 34.3 Å². The summed E-state index contributed by atoms with van der Waals surface area (Å²) in [6.07, 6.45) is 4.66. The fraction of sp³-hybridized carbons (Fsp3) is 0.316. The summed E-state index contributed by atoms with van der Waals surface area (Å²) in [5.41, 5.74) is 0.439. The predicted molar refractivity (Wildman–Crippen MR) is 101 cm³/mol. The van der Waals surface area contributed by atoms with E-state index in [1.54, 1.807) is 36.3 Å². The van der Waals surface area contributed by atoms with Crippen LogP contribution in [0, 0.1) is 11.6 Å². The minimum atomic E-state index is -0.953. The summed E-state index contributed by atoms with van der Waals surface area (Å²) in [5.74, 6) is -1.19. The van der Waals surface area contributed by atoms with Gasteiger partial charge in [-0.25, -0.2) is 8.78 Å². The first-order valence-corrected chi connectivity index (χ1v) is 9.75. The lowest BCUT2D eigenvalue weighted by Crippen LogP contribution is -2.35. The first-order valence-electron chi connectivity index (χ1n) is 8.59. The molecular weight excluding hydrogens is 372 g/mol. The highest BCUT2D eigenvalue weighted by Crippen LogP contribution is 2.22. The third-order valence-corrected chi connectivity index (χ3v) is 5.39. The first-order chi connectivity index (χ1) is 13.0. The van der Waals surface area contributed by atoms with E-state index in [-0.39, 0.29) is 23.7 Å². The maximum absolute atomic E-state index is 14.0. The highest BCUT2D eigenvalue weighted by atomic mass is 32.2. The van der Waals surface area contributed by atoms with Crippen LogP contribution in [0.5, 0.6) is 0 Å². The molecule has 1 fully saturated rings. The summed E-state index contributed by atoms with van der Waals surface area (Å²) < 4.78 is 28.1. The molecule has 0 radical (unpaired) electrons.